The fraction of sp³-hybridized carbons (Fsp3) is 0.577. The quantitative estimate of drug-likeness (QED) is 0.410. The molecule has 1 aromatic carbocycles. The van der Waals surface area contributed by atoms with Crippen molar-refractivity contribution in [3.05, 3.63) is 41.9 Å². The molecule has 0 saturated carbocycles. The first-order valence-corrected chi connectivity index (χ1v) is 12.6. The third-order valence-electron chi connectivity index (χ3n) is 7.57. The predicted octanol–water partition coefficient (Wildman–Crippen LogP) is 2.81. The summed E-state index contributed by atoms with van der Waals surface area (Å²) in [5.41, 5.74) is -0.690. The first kappa shape index (κ1) is 25.7. The van der Waals surface area contributed by atoms with Crippen molar-refractivity contribution in [1.29, 1.82) is 0 Å². The van der Waals surface area contributed by atoms with Crippen molar-refractivity contribution in [3.8, 4) is 0 Å². The van der Waals surface area contributed by atoms with Crippen molar-refractivity contribution >= 4 is 35.1 Å². The van der Waals surface area contributed by atoms with Gasteiger partial charge in [0.2, 0.25) is 5.91 Å². The number of esters is 1. The lowest BCUT2D eigenvalue weighted by molar-refractivity contribution is -0.155. The van der Waals surface area contributed by atoms with Gasteiger partial charge in [-0.05, 0) is 37.8 Å². The molecule has 3 aliphatic rings. The van der Waals surface area contributed by atoms with E-state index in [2.05, 4.69) is 6.58 Å². The Balaban J connectivity index is 1.84. The molecule has 1 N–H and O–H groups in total. The van der Waals surface area contributed by atoms with Gasteiger partial charge < -0.3 is 24.4 Å². The van der Waals surface area contributed by atoms with E-state index < -0.39 is 41.6 Å². The molecule has 4 rings (SSSR count). The summed E-state index contributed by atoms with van der Waals surface area (Å²) in [6, 6.07) is 5.33. The highest BCUT2D eigenvalue weighted by atomic mass is 35.5. The van der Waals surface area contributed by atoms with E-state index in [1.54, 1.807) is 37.3 Å². The maximum atomic E-state index is 14.4. The van der Waals surface area contributed by atoms with Gasteiger partial charge in [-0.1, -0.05) is 43.7 Å². The van der Waals surface area contributed by atoms with E-state index in [4.69, 9.17) is 21.1 Å². The van der Waals surface area contributed by atoms with Gasteiger partial charge in [0, 0.05) is 6.54 Å². The number of benzene rings is 1. The van der Waals surface area contributed by atoms with Crippen LogP contribution in [0, 0.1) is 17.8 Å². The van der Waals surface area contributed by atoms with Crippen LogP contribution in [-0.2, 0) is 23.9 Å². The molecule has 3 heterocycles. The fourth-order valence-electron chi connectivity index (χ4n) is 6.11. The molecule has 2 unspecified atom stereocenters. The maximum Gasteiger partial charge on any atom is 0.312 e. The van der Waals surface area contributed by atoms with Gasteiger partial charge in [0.25, 0.3) is 5.91 Å². The van der Waals surface area contributed by atoms with Crippen molar-refractivity contribution in [2.45, 2.75) is 57.4 Å². The van der Waals surface area contributed by atoms with Gasteiger partial charge in [-0.15, -0.1) is 6.58 Å². The van der Waals surface area contributed by atoms with Crippen molar-refractivity contribution in [2.24, 2.45) is 17.8 Å². The summed E-state index contributed by atoms with van der Waals surface area (Å²) >= 11 is 6.46. The second-order valence-electron chi connectivity index (χ2n) is 9.74. The molecule has 3 saturated heterocycles. The van der Waals surface area contributed by atoms with Crippen LogP contribution in [0.15, 0.2) is 36.9 Å². The minimum absolute atomic E-state index is 0.138. The summed E-state index contributed by atoms with van der Waals surface area (Å²) in [7, 11) is 0. The highest BCUT2D eigenvalue weighted by Crippen LogP contribution is 2.59. The number of fused-ring (bicyclic) bond motifs is 1. The predicted molar refractivity (Wildman–Crippen MR) is 131 cm³/mol. The lowest BCUT2D eigenvalue weighted by Crippen LogP contribution is -2.59. The molecule has 3 fully saturated rings. The highest BCUT2D eigenvalue weighted by Gasteiger charge is 2.75. The highest BCUT2D eigenvalue weighted by molar-refractivity contribution is 6.34. The number of rotatable bonds is 9. The Bertz CT molecular complexity index is 1020. The normalized spacial score (nSPS) is 29.9. The third-order valence-corrected chi connectivity index (χ3v) is 7.89. The van der Waals surface area contributed by atoms with Crippen molar-refractivity contribution in [1.82, 2.24) is 4.90 Å². The molecular weight excluding hydrogens is 472 g/mol. The van der Waals surface area contributed by atoms with Crippen LogP contribution in [0.3, 0.4) is 0 Å². The molecule has 2 bridgehead atoms. The van der Waals surface area contributed by atoms with Crippen LogP contribution in [-0.4, -0.2) is 71.3 Å². The Morgan fingerprint density at radius 2 is 2.11 bits per heavy atom. The van der Waals surface area contributed by atoms with Crippen LogP contribution in [0.4, 0.5) is 5.69 Å². The molecule has 1 spiro atoms. The number of ether oxygens (including phenoxy) is 2. The zero-order valence-corrected chi connectivity index (χ0v) is 21.1. The molecule has 8 nitrogen and oxygen atoms in total. The van der Waals surface area contributed by atoms with Crippen LogP contribution < -0.4 is 4.90 Å². The van der Waals surface area contributed by atoms with Crippen molar-refractivity contribution in [3.63, 3.8) is 0 Å². The Morgan fingerprint density at radius 1 is 1.40 bits per heavy atom. The standard InChI is InChI=1S/C26H33ClN2O6/c1-5-13-28(17-10-8-7-9-16(17)27)24(32)22-26-12-11-19(35-26)20(25(33)34-6-2)21(26)23(31)29(22)18(14-30)15(3)4/h5,7-10,15,18-22,30H,1,6,11-14H2,2-4H3/t18-,19-,20+,21-,22?,26?/m0/s1. The Labute approximate surface area is 210 Å². The second-order valence-corrected chi connectivity index (χ2v) is 10.1. The Hall–Kier alpha value is -2.42. The third kappa shape index (κ3) is 3.96. The van der Waals surface area contributed by atoms with E-state index >= 15 is 0 Å². The minimum Gasteiger partial charge on any atom is -0.466 e. The van der Waals surface area contributed by atoms with Crippen LogP contribution in [0.5, 0.6) is 0 Å². The zero-order chi connectivity index (χ0) is 25.5. The van der Waals surface area contributed by atoms with Crippen molar-refractivity contribution < 1.29 is 29.0 Å². The molecule has 0 radical (unpaired) electrons. The molecule has 0 aromatic heterocycles. The molecule has 9 heteroatoms. The Morgan fingerprint density at radius 3 is 2.71 bits per heavy atom. The molecule has 35 heavy (non-hydrogen) atoms. The summed E-state index contributed by atoms with van der Waals surface area (Å²) < 4.78 is 11.7. The molecule has 6 atom stereocenters. The van der Waals surface area contributed by atoms with E-state index in [1.165, 1.54) is 9.80 Å². The molecule has 0 aliphatic carbocycles. The summed E-state index contributed by atoms with van der Waals surface area (Å²) in [5, 5.41) is 10.7. The molecule has 190 valence electrons. The summed E-state index contributed by atoms with van der Waals surface area (Å²) in [6.07, 6.45) is 2.11. The Kier molecular flexibility index (Phi) is 7.27. The number of aliphatic hydroxyl groups excluding tert-OH is 1. The van der Waals surface area contributed by atoms with Gasteiger partial charge in [-0.2, -0.15) is 0 Å². The van der Waals surface area contributed by atoms with Gasteiger partial charge in [-0.3, -0.25) is 14.4 Å². The lowest BCUT2D eigenvalue weighted by atomic mass is 9.70. The fourth-order valence-corrected chi connectivity index (χ4v) is 6.35. The first-order chi connectivity index (χ1) is 16.7. The SMILES string of the molecule is C=CCN(C(=O)C1N([C@@H](CO)C(C)C)C(=O)[C@@H]2[C@H](C(=O)OCC)[C@@H]3CCC12O3)c1ccccc1Cl. The van der Waals surface area contributed by atoms with E-state index in [-0.39, 0.29) is 37.5 Å². The van der Waals surface area contributed by atoms with E-state index in [1.807, 2.05) is 13.8 Å². The van der Waals surface area contributed by atoms with Gasteiger partial charge in [-0.25, -0.2) is 0 Å². The minimum atomic E-state index is -1.18. The number of nitrogens with zero attached hydrogens (tertiary/aromatic N) is 2. The molecule has 1 aromatic rings. The maximum absolute atomic E-state index is 14.4. The number of likely N-dealkylation sites (tertiary alicyclic amines) is 1. The largest absolute Gasteiger partial charge is 0.466 e. The summed E-state index contributed by atoms with van der Waals surface area (Å²) in [4.78, 5) is 44.3. The van der Waals surface area contributed by atoms with E-state index in [0.717, 1.165) is 0 Å². The number of anilines is 1. The second kappa shape index (κ2) is 9.91. The summed E-state index contributed by atoms with van der Waals surface area (Å²) in [6.45, 7) is 9.32. The zero-order valence-electron chi connectivity index (χ0n) is 20.4. The van der Waals surface area contributed by atoms with E-state index in [9.17, 15) is 19.5 Å². The average Bonchev–Trinajstić information content (AvgIpc) is 3.46. The molecule has 2 amide bonds. The smallest absolute Gasteiger partial charge is 0.312 e. The van der Waals surface area contributed by atoms with Crippen molar-refractivity contribution in [2.75, 3.05) is 24.7 Å². The van der Waals surface area contributed by atoms with E-state index in [0.29, 0.717) is 23.6 Å². The van der Waals surface area contributed by atoms with Gasteiger partial charge in [0.15, 0.2) is 0 Å². The van der Waals surface area contributed by atoms with Gasteiger partial charge >= 0.3 is 5.97 Å². The molecular formula is C26H33ClN2O6. The lowest BCUT2D eigenvalue weighted by Gasteiger charge is -2.40. The average molecular weight is 505 g/mol. The van der Waals surface area contributed by atoms with Gasteiger partial charge in [0.1, 0.15) is 11.6 Å². The van der Waals surface area contributed by atoms with Crippen LogP contribution in [0.1, 0.15) is 33.6 Å². The summed E-state index contributed by atoms with van der Waals surface area (Å²) in [5.74, 6) is -2.98. The number of hydrogen-bond donors (Lipinski definition) is 1. The molecule has 3 aliphatic heterocycles. The number of hydrogen-bond acceptors (Lipinski definition) is 6. The van der Waals surface area contributed by atoms with Crippen LogP contribution >= 0.6 is 11.6 Å². The number of para-hydroxylation sites is 1. The number of amides is 2. The topological polar surface area (TPSA) is 96.4 Å². The van der Waals surface area contributed by atoms with Crippen LogP contribution in [0.2, 0.25) is 5.02 Å². The first-order valence-electron chi connectivity index (χ1n) is 12.2. The monoisotopic (exact) mass is 504 g/mol. The number of carbonyl (C=O) groups is 3. The number of carbonyl (C=O) groups excluding carboxylic acids is 3. The number of aliphatic hydroxyl groups is 1. The van der Waals surface area contributed by atoms with Crippen LogP contribution in [0.25, 0.3) is 0 Å². The van der Waals surface area contributed by atoms with Gasteiger partial charge in [0.05, 0.1) is 47.9 Å². The number of halogens is 1.